The smallest absolute Gasteiger partial charge is 0.106 e. The molecule has 0 bridgehead atoms. The predicted molar refractivity (Wildman–Crippen MR) is 60.8 cm³/mol. The van der Waals surface area contributed by atoms with Crippen LogP contribution < -0.4 is 5.32 Å². The molecule has 0 aliphatic heterocycles. The molecule has 2 unspecified atom stereocenters. The second-order valence-corrected chi connectivity index (χ2v) is 3.86. The minimum Gasteiger partial charge on any atom is -0.389 e. The quantitative estimate of drug-likeness (QED) is 0.691. The Balaban J connectivity index is 2.90. The van der Waals surface area contributed by atoms with E-state index in [0.29, 0.717) is 6.54 Å². The first kappa shape index (κ1) is 12.2. The molecule has 3 heteroatoms. The van der Waals surface area contributed by atoms with Gasteiger partial charge in [-0.25, -0.2) is 0 Å². The maximum atomic E-state index is 9.94. The van der Waals surface area contributed by atoms with Crippen LogP contribution in [0.1, 0.15) is 22.8 Å². The molecule has 0 aromatic heterocycles. The van der Waals surface area contributed by atoms with Gasteiger partial charge in [0.1, 0.15) is 6.10 Å². The van der Waals surface area contributed by atoms with Gasteiger partial charge < -0.3 is 15.5 Å². The van der Waals surface area contributed by atoms with Crippen molar-refractivity contribution in [2.45, 2.75) is 26.1 Å². The van der Waals surface area contributed by atoms with Crippen LogP contribution in [-0.4, -0.2) is 29.9 Å². The fourth-order valence-corrected chi connectivity index (χ4v) is 1.62. The summed E-state index contributed by atoms with van der Waals surface area (Å²) < 4.78 is 0. The van der Waals surface area contributed by atoms with Gasteiger partial charge in [-0.2, -0.15) is 0 Å². The van der Waals surface area contributed by atoms with Crippen LogP contribution in [0.15, 0.2) is 18.2 Å². The van der Waals surface area contributed by atoms with Gasteiger partial charge in [-0.1, -0.05) is 18.2 Å². The highest BCUT2D eigenvalue weighted by atomic mass is 16.3. The van der Waals surface area contributed by atoms with Gasteiger partial charge in [0.25, 0.3) is 0 Å². The van der Waals surface area contributed by atoms with Gasteiger partial charge in [-0.05, 0) is 37.6 Å². The molecule has 0 fully saturated rings. The molecule has 0 aliphatic rings. The number of likely N-dealkylation sites (N-methyl/N-ethyl adjacent to an activating group) is 1. The van der Waals surface area contributed by atoms with Crippen molar-refractivity contribution < 1.29 is 10.2 Å². The Bertz CT molecular complexity index is 325. The molecule has 0 saturated heterocycles. The SMILES string of the molecule is CNCC(O)C(O)c1cccc(C)c1C. The van der Waals surface area contributed by atoms with Gasteiger partial charge in [-0.15, -0.1) is 0 Å². The van der Waals surface area contributed by atoms with Crippen LogP contribution in [0, 0.1) is 13.8 Å². The summed E-state index contributed by atoms with van der Waals surface area (Å²) in [7, 11) is 1.75. The van der Waals surface area contributed by atoms with Gasteiger partial charge in [-0.3, -0.25) is 0 Å². The molecule has 0 amide bonds. The second kappa shape index (κ2) is 5.26. The van der Waals surface area contributed by atoms with Gasteiger partial charge in [0.2, 0.25) is 0 Å². The van der Waals surface area contributed by atoms with E-state index >= 15 is 0 Å². The van der Waals surface area contributed by atoms with E-state index in [9.17, 15) is 10.2 Å². The first-order chi connectivity index (χ1) is 7.07. The molecule has 1 aromatic carbocycles. The number of aliphatic hydroxyl groups is 2. The molecule has 3 nitrogen and oxygen atoms in total. The van der Waals surface area contributed by atoms with Crippen molar-refractivity contribution in [3.05, 3.63) is 34.9 Å². The van der Waals surface area contributed by atoms with E-state index in [1.807, 2.05) is 32.0 Å². The fraction of sp³-hybridized carbons (Fsp3) is 0.500. The highest BCUT2D eigenvalue weighted by molar-refractivity contribution is 5.35. The topological polar surface area (TPSA) is 52.5 Å². The van der Waals surface area contributed by atoms with E-state index in [4.69, 9.17) is 0 Å². The maximum Gasteiger partial charge on any atom is 0.106 e. The zero-order valence-corrected chi connectivity index (χ0v) is 9.49. The van der Waals surface area contributed by atoms with Crippen LogP contribution in [0.4, 0.5) is 0 Å². The second-order valence-electron chi connectivity index (χ2n) is 3.86. The average Bonchev–Trinajstić information content (AvgIpc) is 2.21. The molecule has 15 heavy (non-hydrogen) atoms. The normalized spacial score (nSPS) is 15.0. The number of benzene rings is 1. The molecule has 84 valence electrons. The molecule has 0 saturated carbocycles. The van der Waals surface area contributed by atoms with Gasteiger partial charge >= 0.3 is 0 Å². The molecule has 2 atom stereocenters. The lowest BCUT2D eigenvalue weighted by molar-refractivity contribution is 0.0198. The van der Waals surface area contributed by atoms with Crippen molar-refractivity contribution in [3.63, 3.8) is 0 Å². The summed E-state index contributed by atoms with van der Waals surface area (Å²) in [5.41, 5.74) is 2.97. The lowest BCUT2D eigenvalue weighted by Gasteiger charge is -2.20. The standard InChI is InChI=1S/C12H19NO2/c1-8-5-4-6-10(9(8)2)12(15)11(14)7-13-3/h4-6,11-15H,7H2,1-3H3. The van der Waals surface area contributed by atoms with Crippen molar-refractivity contribution in [1.82, 2.24) is 5.32 Å². The highest BCUT2D eigenvalue weighted by Gasteiger charge is 2.19. The number of nitrogens with one attached hydrogen (secondary N) is 1. The number of aliphatic hydroxyl groups excluding tert-OH is 2. The van der Waals surface area contributed by atoms with Crippen molar-refractivity contribution in [3.8, 4) is 0 Å². The molecule has 1 rings (SSSR count). The number of aryl methyl sites for hydroxylation is 1. The Morgan fingerprint density at radius 3 is 2.53 bits per heavy atom. The number of rotatable bonds is 4. The Morgan fingerprint density at radius 1 is 1.27 bits per heavy atom. The zero-order chi connectivity index (χ0) is 11.4. The summed E-state index contributed by atoms with van der Waals surface area (Å²) in [4.78, 5) is 0. The third-order valence-electron chi connectivity index (χ3n) is 2.74. The van der Waals surface area contributed by atoms with E-state index in [2.05, 4.69) is 5.32 Å². The Morgan fingerprint density at radius 2 is 1.93 bits per heavy atom. The summed E-state index contributed by atoms with van der Waals surface area (Å²) in [6.07, 6.45) is -1.59. The Kier molecular flexibility index (Phi) is 4.27. The van der Waals surface area contributed by atoms with Gasteiger partial charge in [0.15, 0.2) is 0 Å². The molecule has 0 heterocycles. The van der Waals surface area contributed by atoms with Crippen LogP contribution in [-0.2, 0) is 0 Å². The summed E-state index contributed by atoms with van der Waals surface area (Å²) in [5.74, 6) is 0. The molecule has 1 aromatic rings. The average molecular weight is 209 g/mol. The van der Waals surface area contributed by atoms with Gasteiger partial charge in [0.05, 0.1) is 6.10 Å². The molecule has 3 N–H and O–H groups in total. The van der Waals surface area contributed by atoms with Gasteiger partial charge in [0, 0.05) is 6.54 Å². The molecule has 0 spiro atoms. The Labute approximate surface area is 90.8 Å². The monoisotopic (exact) mass is 209 g/mol. The Hall–Kier alpha value is -0.900. The maximum absolute atomic E-state index is 9.94. The van der Waals surface area contributed by atoms with E-state index in [1.165, 1.54) is 0 Å². The van der Waals surface area contributed by atoms with Crippen LogP contribution in [0.25, 0.3) is 0 Å². The molecular formula is C12H19NO2. The number of hydrogen-bond acceptors (Lipinski definition) is 3. The van der Waals surface area contributed by atoms with Crippen LogP contribution in [0.2, 0.25) is 0 Å². The van der Waals surface area contributed by atoms with Crippen LogP contribution in [0.5, 0.6) is 0 Å². The molecule has 0 radical (unpaired) electrons. The lowest BCUT2D eigenvalue weighted by atomic mass is 9.96. The van der Waals surface area contributed by atoms with Crippen LogP contribution >= 0.6 is 0 Å². The minimum absolute atomic E-state index is 0.383. The highest BCUT2D eigenvalue weighted by Crippen LogP contribution is 2.22. The first-order valence-electron chi connectivity index (χ1n) is 5.14. The van der Waals surface area contributed by atoms with Crippen LogP contribution in [0.3, 0.4) is 0 Å². The van der Waals surface area contributed by atoms with Crippen molar-refractivity contribution in [2.75, 3.05) is 13.6 Å². The zero-order valence-electron chi connectivity index (χ0n) is 9.49. The third-order valence-corrected chi connectivity index (χ3v) is 2.74. The van der Waals surface area contributed by atoms with Crippen molar-refractivity contribution >= 4 is 0 Å². The summed E-state index contributed by atoms with van der Waals surface area (Å²) in [5, 5.41) is 22.5. The molecule has 0 aliphatic carbocycles. The van der Waals surface area contributed by atoms with E-state index < -0.39 is 12.2 Å². The number of hydrogen-bond donors (Lipinski definition) is 3. The fourth-order valence-electron chi connectivity index (χ4n) is 1.62. The van der Waals surface area contributed by atoms with E-state index in [0.717, 1.165) is 16.7 Å². The summed E-state index contributed by atoms with van der Waals surface area (Å²) >= 11 is 0. The van der Waals surface area contributed by atoms with Crippen molar-refractivity contribution in [2.24, 2.45) is 0 Å². The summed E-state index contributed by atoms with van der Waals surface area (Å²) in [6.45, 7) is 4.34. The first-order valence-corrected chi connectivity index (χ1v) is 5.14. The lowest BCUT2D eigenvalue weighted by Crippen LogP contribution is -2.30. The van der Waals surface area contributed by atoms with Crippen molar-refractivity contribution in [1.29, 1.82) is 0 Å². The molecular weight excluding hydrogens is 190 g/mol. The third kappa shape index (κ3) is 2.78. The minimum atomic E-state index is -0.822. The largest absolute Gasteiger partial charge is 0.389 e. The van der Waals surface area contributed by atoms with E-state index in [1.54, 1.807) is 7.05 Å². The summed E-state index contributed by atoms with van der Waals surface area (Å²) in [6, 6.07) is 5.74. The van der Waals surface area contributed by atoms with E-state index in [-0.39, 0.29) is 0 Å². The predicted octanol–water partition coefficient (Wildman–Crippen LogP) is 0.917.